The number of nitrogens with zero attached hydrogens (tertiary/aromatic N) is 4. The van der Waals surface area contributed by atoms with Crippen LogP contribution in [0, 0.1) is 28.5 Å². The number of fused-ring (bicyclic) bond motifs is 1. The van der Waals surface area contributed by atoms with Gasteiger partial charge in [0.2, 0.25) is 0 Å². The number of pyridine rings is 1. The number of nitriles is 1. The van der Waals surface area contributed by atoms with E-state index in [1.165, 1.54) is 18.3 Å². The molecule has 2 unspecified atom stereocenters. The SMILES string of the molecule is CNc1ccc(-c2ncc3c(ncn3CC3CC(C)NC(C)C3)c2-c2ccc(C#N)c(F)c2)cc1C=N. The third kappa shape index (κ3) is 4.70. The standard InChI is InChI=1S/C29H30FN7/c1-17-8-19(9-18(2)36-17)15-37-16-35-29-26(37)14-34-28(21-6-7-25(33-3)23(10-21)13-32)27(29)20-4-5-22(12-31)24(30)11-20/h4-7,10-11,13-14,16-19,32-33,36H,8-9,15H2,1-3H3. The molecule has 2 aromatic heterocycles. The van der Waals surface area contributed by atoms with Gasteiger partial charge >= 0.3 is 0 Å². The van der Waals surface area contributed by atoms with Gasteiger partial charge in [0.05, 0.1) is 29.3 Å². The zero-order valence-corrected chi connectivity index (χ0v) is 21.2. The first kappa shape index (κ1) is 24.6. The number of halogens is 1. The van der Waals surface area contributed by atoms with Crippen molar-refractivity contribution in [3.63, 3.8) is 0 Å². The Morgan fingerprint density at radius 3 is 2.59 bits per heavy atom. The van der Waals surface area contributed by atoms with Gasteiger partial charge in [-0.25, -0.2) is 9.37 Å². The summed E-state index contributed by atoms with van der Waals surface area (Å²) < 4.78 is 16.9. The molecule has 1 aliphatic rings. The number of rotatable bonds is 6. The van der Waals surface area contributed by atoms with Crippen molar-refractivity contribution in [1.82, 2.24) is 19.9 Å². The average molecular weight is 496 g/mol. The second-order valence-corrected chi connectivity index (χ2v) is 9.92. The fourth-order valence-electron chi connectivity index (χ4n) is 5.62. The maximum atomic E-state index is 14.8. The molecule has 3 N–H and O–H groups in total. The molecule has 7 nitrogen and oxygen atoms in total. The first-order valence-corrected chi connectivity index (χ1v) is 12.5. The van der Waals surface area contributed by atoms with Gasteiger partial charge in [0.15, 0.2) is 0 Å². The third-order valence-corrected chi connectivity index (χ3v) is 7.19. The van der Waals surface area contributed by atoms with Gasteiger partial charge in [-0.2, -0.15) is 5.26 Å². The number of imidazole rings is 1. The van der Waals surface area contributed by atoms with Crippen molar-refractivity contribution in [2.45, 2.75) is 45.3 Å². The molecule has 4 aromatic rings. The molecule has 8 heteroatoms. The van der Waals surface area contributed by atoms with Crippen LogP contribution in [0.5, 0.6) is 0 Å². The molecule has 5 rings (SSSR count). The van der Waals surface area contributed by atoms with Crippen molar-refractivity contribution in [1.29, 1.82) is 10.7 Å². The molecule has 0 spiro atoms. The van der Waals surface area contributed by atoms with E-state index in [4.69, 9.17) is 15.4 Å². The Kier molecular flexibility index (Phi) is 6.72. The Morgan fingerprint density at radius 2 is 1.92 bits per heavy atom. The van der Waals surface area contributed by atoms with E-state index >= 15 is 0 Å². The molecule has 1 saturated heterocycles. The smallest absolute Gasteiger partial charge is 0.141 e. The van der Waals surface area contributed by atoms with E-state index in [1.807, 2.05) is 43.8 Å². The summed E-state index contributed by atoms with van der Waals surface area (Å²) >= 11 is 0. The van der Waals surface area contributed by atoms with Crippen LogP contribution in [0.3, 0.4) is 0 Å². The lowest BCUT2D eigenvalue weighted by atomic mass is 9.89. The Labute approximate surface area is 215 Å². The van der Waals surface area contributed by atoms with Crippen molar-refractivity contribution in [3.8, 4) is 28.5 Å². The van der Waals surface area contributed by atoms with Crippen molar-refractivity contribution in [2.75, 3.05) is 12.4 Å². The Bertz CT molecular complexity index is 1510. The monoisotopic (exact) mass is 495 g/mol. The fourth-order valence-corrected chi connectivity index (χ4v) is 5.62. The van der Waals surface area contributed by atoms with Gasteiger partial charge in [-0.15, -0.1) is 0 Å². The van der Waals surface area contributed by atoms with Gasteiger partial charge in [0, 0.05) is 54.3 Å². The zero-order valence-electron chi connectivity index (χ0n) is 21.2. The quantitative estimate of drug-likeness (QED) is 0.303. The molecule has 188 valence electrons. The molecule has 3 heterocycles. The van der Waals surface area contributed by atoms with Crippen LogP contribution in [0.15, 0.2) is 48.9 Å². The van der Waals surface area contributed by atoms with Crippen molar-refractivity contribution < 1.29 is 4.39 Å². The van der Waals surface area contributed by atoms with Gasteiger partial charge in [-0.05, 0) is 62.4 Å². The van der Waals surface area contributed by atoms with Gasteiger partial charge in [0.1, 0.15) is 17.4 Å². The molecular weight excluding hydrogens is 465 g/mol. The maximum absolute atomic E-state index is 14.8. The second-order valence-electron chi connectivity index (χ2n) is 9.92. The lowest BCUT2D eigenvalue weighted by Crippen LogP contribution is -2.43. The van der Waals surface area contributed by atoms with Crippen LogP contribution >= 0.6 is 0 Å². The second kappa shape index (κ2) is 10.1. The highest BCUT2D eigenvalue weighted by molar-refractivity contribution is 6.00. The molecule has 37 heavy (non-hydrogen) atoms. The predicted octanol–water partition coefficient (Wildman–Crippen LogP) is 5.59. The minimum Gasteiger partial charge on any atom is -0.388 e. The summed E-state index contributed by atoms with van der Waals surface area (Å²) in [6.07, 6.45) is 7.17. The van der Waals surface area contributed by atoms with E-state index in [9.17, 15) is 9.65 Å². The maximum Gasteiger partial charge on any atom is 0.141 e. The molecule has 0 saturated carbocycles. The lowest BCUT2D eigenvalue weighted by molar-refractivity contribution is 0.242. The fraction of sp³-hybridized carbons (Fsp3) is 0.310. The van der Waals surface area contributed by atoms with E-state index in [0.717, 1.165) is 47.2 Å². The Hall–Kier alpha value is -4.09. The molecule has 0 aliphatic carbocycles. The minimum atomic E-state index is -0.578. The predicted molar refractivity (Wildman–Crippen MR) is 145 cm³/mol. The van der Waals surface area contributed by atoms with E-state index in [-0.39, 0.29) is 5.56 Å². The van der Waals surface area contributed by atoms with E-state index < -0.39 is 5.82 Å². The first-order valence-electron chi connectivity index (χ1n) is 12.5. The number of piperidine rings is 1. The molecule has 1 fully saturated rings. The summed E-state index contributed by atoms with van der Waals surface area (Å²) in [5.74, 6) is -0.0610. The number of hydrogen-bond donors (Lipinski definition) is 3. The Morgan fingerprint density at radius 1 is 1.16 bits per heavy atom. The first-order chi connectivity index (χ1) is 17.9. The summed E-state index contributed by atoms with van der Waals surface area (Å²) in [6, 6.07) is 13.2. The molecule has 0 bridgehead atoms. The molecule has 1 aliphatic heterocycles. The number of hydrogen-bond acceptors (Lipinski definition) is 6. The number of anilines is 1. The van der Waals surface area contributed by atoms with Gasteiger partial charge in [-0.1, -0.05) is 12.1 Å². The van der Waals surface area contributed by atoms with Crippen molar-refractivity contribution in [2.24, 2.45) is 5.92 Å². The topological polar surface area (TPSA) is 102 Å². The van der Waals surface area contributed by atoms with Crippen LogP contribution in [0.2, 0.25) is 0 Å². The number of benzene rings is 2. The highest BCUT2D eigenvalue weighted by atomic mass is 19.1. The van der Waals surface area contributed by atoms with Crippen LogP contribution in [-0.4, -0.2) is 39.9 Å². The largest absolute Gasteiger partial charge is 0.388 e. The van der Waals surface area contributed by atoms with Crippen molar-refractivity contribution >= 4 is 22.9 Å². The van der Waals surface area contributed by atoms with Crippen LogP contribution in [0.25, 0.3) is 33.4 Å². The zero-order chi connectivity index (χ0) is 26.1. The van der Waals surface area contributed by atoms with Crippen LogP contribution in [0.1, 0.15) is 37.8 Å². The summed E-state index contributed by atoms with van der Waals surface area (Å²) in [5, 5.41) is 23.8. The highest BCUT2D eigenvalue weighted by Crippen LogP contribution is 2.38. The molecular formula is C29H30FN7. The van der Waals surface area contributed by atoms with Crippen LogP contribution in [-0.2, 0) is 6.54 Å². The molecule has 2 atom stereocenters. The molecule has 0 amide bonds. The van der Waals surface area contributed by atoms with Crippen LogP contribution < -0.4 is 10.6 Å². The van der Waals surface area contributed by atoms with Gasteiger partial charge in [0.25, 0.3) is 0 Å². The van der Waals surface area contributed by atoms with E-state index in [2.05, 4.69) is 29.0 Å². The number of aromatic nitrogens is 3. The minimum absolute atomic E-state index is 0.00502. The number of nitrogens with one attached hydrogen (secondary N) is 3. The average Bonchev–Trinajstić information content (AvgIpc) is 3.29. The molecule has 2 aromatic carbocycles. The third-order valence-electron chi connectivity index (χ3n) is 7.19. The summed E-state index contributed by atoms with van der Waals surface area (Å²) in [5.41, 5.74) is 5.94. The van der Waals surface area contributed by atoms with Gasteiger partial charge < -0.3 is 20.6 Å². The van der Waals surface area contributed by atoms with E-state index in [0.29, 0.717) is 34.8 Å². The van der Waals surface area contributed by atoms with E-state index in [1.54, 1.807) is 6.07 Å². The summed E-state index contributed by atoms with van der Waals surface area (Å²) in [7, 11) is 1.81. The lowest BCUT2D eigenvalue weighted by Gasteiger charge is -2.33. The Balaban J connectivity index is 1.67. The van der Waals surface area contributed by atoms with Crippen LogP contribution in [0.4, 0.5) is 10.1 Å². The normalized spacial score (nSPS) is 19.5. The summed E-state index contributed by atoms with van der Waals surface area (Å²) in [6.45, 7) is 5.29. The highest BCUT2D eigenvalue weighted by Gasteiger charge is 2.25. The molecule has 0 radical (unpaired) electrons. The summed E-state index contributed by atoms with van der Waals surface area (Å²) in [4.78, 5) is 9.65. The van der Waals surface area contributed by atoms with Gasteiger partial charge in [-0.3, -0.25) is 4.98 Å². The van der Waals surface area contributed by atoms with Crippen molar-refractivity contribution in [3.05, 3.63) is 65.9 Å².